The Labute approximate surface area is 192 Å². The lowest BCUT2D eigenvalue weighted by molar-refractivity contribution is -0.148. The highest BCUT2D eigenvalue weighted by atomic mass is 35.6. The zero-order valence-electron chi connectivity index (χ0n) is 18.4. The van der Waals surface area contributed by atoms with E-state index in [0.29, 0.717) is 0 Å². The second-order valence-corrected chi connectivity index (χ2v) is 16.1. The van der Waals surface area contributed by atoms with Gasteiger partial charge in [-0.2, -0.15) is 0 Å². The quantitative estimate of drug-likeness (QED) is 0.118. The maximum absolute atomic E-state index is 12.0. The van der Waals surface area contributed by atoms with Gasteiger partial charge in [-0.3, -0.25) is 0 Å². The summed E-state index contributed by atoms with van der Waals surface area (Å²) in [6.45, 7) is 9.06. The number of rotatable bonds is 14. The highest BCUT2D eigenvalue weighted by molar-refractivity contribution is 6.88. The molecule has 0 aliphatic heterocycles. The smallest absolute Gasteiger partial charge is 0.358 e. The van der Waals surface area contributed by atoms with Gasteiger partial charge in [0.25, 0.3) is 3.79 Å². The van der Waals surface area contributed by atoms with Gasteiger partial charge >= 0.3 is 5.97 Å². The Bertz CT molecular complexity index is 591. The van der Waals surface area contributed by atoms with Crippen LogP contribution >= 0.6 is 34.8 Å². The molecule has 0 fully saturated rings. The number of esters is 1. The van der Waals surface area contributed by atoms with Gasteiger partial charge in [0, 0.05) is 0 Å². The molecule has 1 aromatic heterocycles. The van der Waals surface area contributed by atoms with Crippen molar-refractivity contribution >= 4 is 54.2 Å². The number of alkyl halides is 3. The van der Waals surface area contributed by atoms with Crippen molar-refractivity contribution in [1.29, 1.82) is 0 Å². The van der Waals surface area contributed by atoms with Crippen LogP contribution in [0.4, 0.5) is 0 Å². The van der Waals surface area contributed by atoms with E-state index >= 15 is 0 Å². The van der Waals surface area contributed by atoms with E-state index in [2.05, 4.69) is 32.6 Å². The van der Waals surface area contributed by atoms with Crippen molar-refractivity contribution < 1.29 is 13.9 Å². The van der Waals surface area contributed by atoms with E-state index in [-0.39, 0.29) is 6.10 Å². The Balaban J connectivity index is 2.51. The van der Waals surface area contributed by atoms with Crippen molar-refractivity contribution in [2.75, 3.05) is 0 Å². The number of hydrogen-bond donors (Lipinski definition) is 0. The molecule has 0 spiro atoms. The summed E-state index contributed by atoms with van der Waals surface area (Å²) in [5.41, 5.74) is 1.27. The Kier molecular flexibility index (Phi) is 12.3. The van der Waals surface area contributed by atoms with Crippen LogP contribution in [0.5, 0.6) is 0 Å². The van der Waals surface area contributed by atoms with Crippen LogP contribution in [0.3, 0.4) is 0 Å². The minimum atomic E-state index is -2.02. The molecule has 0 saturated carbocycles. The first kappa shape index (κ1) is 26.9. The topological polar surface area (TPSA) is 39.4 Å². The molecule has 7 heteroatoms. The second kappa shape index (κ2) is 13.3. The largest absolute Gasteiger partial charge is 0.474 e. The van der Waals surface area contributed by atoms with Crippen molar-refractivity contribution in [3.05, 3.63) is 17.9 Å². The normalized spacial score (nSPS) is 13.5. The summed E-state index contributed by atoms with van der Waals surface area (Å²) in [6.07, 6.45) is 13.5. The number of ether oxygens (including phenoxy) is 1. The number of unbranched alkanes of at least 4 members (excludes halogenated alkanes) is 6. The SMILES string of the molecule is CCCCCCCCCC(CCCc1ccoc1[Si](C)(C)C)OC(=O)C(Cl)(Cl)Cl. The van der Waals surface area contributed by atoms with Crippen LogP contribution in [-0.4, -0.2) is 23.9 Å². The van der Waals surface area contributed by atoms with Crippen LogP contribution < -0.4 is 5.38 Å². The molecular weight excluding hydrogens is 447 g/mol. The number of furan rings is 1. The molecule has 1 aromatic rings. The van der Waals surface area contributed by atoms with Crippen molar-refractivity contribution in [3.8, 4) is 0 Å². The number of aryl methyl sites for hydroxylation is 1. The molecule has 168 valence electrons. The van der Waals surface area contributed by atoms with E-state index in [0.717, 1.165) is 43.9 Å². The molecule has 3 nitrogen and oxygen atoms in total. The van der Waals surface area contributed by atoms with Gasteiger partial charge < -0.3 is 9.15 Å². The third-order valence-electron chi connectivity index (χ3n) is 5.03. The lowest BCUT2D eigenvalue weighted by atomic mass is 10.0. The van der Waals surface area contributed by atoms with Gasteiger partial charge in [0.1, 0.15) is 14.2 Å². The molecular formula is C22H37Cl3O3Si. The molecule has 0 bridgehead atoms. The summed E-state index contributed by atoms with van der Waals surface area (Å²) in [5.74, 6) is -0.776. The number of hydrogen-bond acceptors (Lipinski definition) is 3. The zero-order valence-corrected chi connectivity index (χ0v) is 21.6. The van der Waals surface area contributed by atoms with Gasteiger partial charge in [-0.1, -0.05) is 99.9 Å². The van der Waals surface area contributed by atoms with Gasteiger partial charge in [0.2, 0.25) is 0 Å². The standard InChI is InChI=1S/C22H37Cl3O3Si/c1-5-6-7-8-9-10-11-14-19(28-21(26)22(23,24)25)15-12-13-18-16-17-27-20(18)29(2,3)4/h16-17,19H,5-15H2,1-4H3. The van der Waals surface area contributed by atoms with Crippen molar-refractivity contribution in [1.82, 2.24) is 0 Å². The van der Waals surface area contributed by atoms with E-state index in [1.165, 1.54) is 37.7 Å². The Morgan fingerprint density at radius 1 is 1.03 bits per heavy atom. The summed E-state index contributed by atoms with van der Waals surface area (Å²) >= 11 is 17.1. The van der Waals surface area contributed by atoms with Crippen LogP contribution in [0.15, 0.2) is 16.7 Å². The maximum Gasteiger partial charge on any atom is 0.358 e. The first-order valence-corrected chi connectivity index (χ1v) is 15.5. The molecule has 1 unspecified atom stereocenters. The van der Waals surface area contributed by atoms with Crippen LogP contribution in [-0.2, 0) is 16.0 Å². The average Bonchev–Trinajstić information content (AvgIpc) is 3.08. The molecule has 0 N–H and O–H groups in total. The van der Waals surface area contributed by atoms with E-state index in [1.807, 2.05) is 0 Å². The van der Waals surface area contributed by atoms with Gasteiger partial charge in [-0.05, 0) is 43.7 Å². The maximum atomic E-state index is 12.0. The number of carbonyl (C=O) groups is 1. The van der Waals surface area contributed by atoms with Crippen molar-refractivity contribution in [3.63, 3.8) is 0 Å². The highest BCUT2D eigenvalue weighted by Gasteiger charge is 2.34. The van der Waals surface area contributed by atoms with Crippen LogP contribution in [0, 0.1) is 0 Å². The zero-order chi connectivity index (χ0) is 21.9. The van der Waals surface area contributed by atoms with Gasteiger partial charge in [0.05, 0.1) is 11.6 Å². The molecule has 1 rings (SSSR count). The Hall–Kier alpha value is -0.163. The lowest BCUT2D eigenvalue weighted by Gasteiger charge is -2.21. The number of carbonyl (C=O) groups excluding carboxylic acids is 1. The Morgan fingerprint density at radius 3 is 2.21 bits per heavy atom. The van der Waals surface area contributed by atoms with Crippen molar-refractivity contribution in [2.24, 2.45) is 0 Å². The monoisotopic (exact) mass is 482 g/mol. The predicted molar refractivity (Wildman–Crippen MR) is 127 cm³/mol. The summed E-state index contributed by atoms with van der Waals surface area (Å²) in [6, 6.07) is 2.06. The van der Waals surface area contributed by atoms with Crippen molar-refractivity contribution in [2.45, 2.75) is 107 Å². The molecule has 0 aliphatic carbocycles. The highest BCUT2D eigenvalue weighted by Crippen LogP contribution is 2.29. The van der Waals surface area contributed by atoms with E-state index in [1.54, 1.807) is 6.26 Å². The molecule has 0 aliphatic rings. The molecule has 29 heavy (non-hydrogen) atoms. The molecule has 0 saturated heterocycles. The molecule has 1 heterocycles. The predicted octanol–water partition coefficient (Wildman–Crippen LogP) is 7.57. The lowest BCUT2D eigenvalue weighted by Crippen LogP contribution is -2.38. The van der Waals surface area contributed by atoms with E-state index in [4.69, 9.17) is 44.0 Å². The van der Waals surface area contributed by atoms with Gasteiger partial charge in [-0.15, -0.1) is 0 Å². The second-order valence-electron chi connectivity index (χ2n) is 8.85. The summed E-state index contributed by atoms with van der Waals surface area (Å²) in [5, 5.41) is 1.15. The molecule has 0 aromatic carbocycles. The average molecular weight is 484 g/mol. The van der Waals surface area contributed by atoms with Crippen LogP contribution in [0.2, 0.25) is 19.6 Å². The number of halogens is 3. The third kappa shape index (κ3) is 11.1. The van der Waals surface area contributed by atoms with Gasteiger partial charge in [0.15, 0.2) is 0 Å². The molecule has 0 amide bonds. The minimum absolute atomic E-state index is 0.212. The van der Waals surface area contributed by atoms with Crippen LogP contribution in [0.1, 0.15) is 76.7 Å². The Morgan fingerprint density at radius 2 is 1.62 bits per heavy atom. The summed E-state index contributed by atoms with van der Waals surface area (Å²) < 4.78 is 9.25. The fourth-order valence-corrected chi connectivity index (χ4v) is 5.25. The summed E-state index contributed by atoms with van der Waals surface area (Å²) in [7, 11) is -1.50. The molecule has 0 radical (unpaired) electrons. The third-order valence-corrected chi connectivity index (χ3v) is 7.30. The van der Waals surface area contributed by atoms with E-state index < -0.39 is 17.8 Å². The first-order chi connectivity index (χ1) is 13.6. The fourth-order valence-electron chi connectivity index (χ4n) is 3.52. The molecule has 1 atom stereocenters. The fraction of sp³-hybridized carbons (Fsp3) is 0.773. The van der Waals surface area contributed by atoms with Crippen LogP contribution in [0.25, 0.3) is 0 Å². The first-order valence-electron chi connectivity index (χ1n) is 10.9. The van der Waals surface area contributed by atoms with Gasteiger partial charge in [-0.25, -0.2) is 4.79 Å². The minimum Gasteiger partial charge on any atom is -0.474 e. The van der Waals surface area contributed by atoms with E-state index in [9.17, 15) is 4.79 Å². The summed E-state index contributed by atoms with van der Waals surface area (Å²) in [4.78, 5) is 12.0.